The number of phosphoric acid groups is 1. The third kappa shape index (κ3) is 51.8. The Morgan fingerprint density at radius 2 is 0.873 bits per heavy atom. The van der Waals surface area contributed by atoms with E-state index in [1.807, 2.05) is 21.1 Å². The van der Waals surface area contributed by atoms with Crippen molar-refractivity contribution in [2.45, 2.75) is 264 Å². The number of allylic oxidation sites excluding steroid dienone is 4. The van der Waals surface area contributed by atoms with E-state index in [-0.39, 0.29) is 25.8 Å². The van der Waals surface area contributed by atoms with Crippen LogP contribution in [-0.2, 0) is 27.9 Å². The van der Waals surface area contributed by atoms with Gasteiger partial charge in [0, 0.05) is 13.0 Å². The number of phosphoric ester groups is 1. The lowest BCUT2D eigenvalue weighted by Crippen LogP contribution is -2.37. The molecule has 0 aliphatic carbocycles. The number of likely N-dealkylation sites (N-methyl/N-ethyl adjacent to an activating group) is 1. The topological polar surface area (TPSA) is 91.3 Å². The smallest absolute Gasteiger partial charge is 0.457 e. The predicted octanol–water partition coefficient (Wildman–Crippen LogP) is 16.7. The molecular formula is C54H107NO7P+. The zero-order chi connectivity index (χ0) is 46.2. The van der Waals surface area contributed by atoms with E-state index in [4.69, 9.17) is 18.5 Å². The van der Waals surface area contributed by atoms with Crippen LogP contribution in [0.5, 0.6) is 0 Å². The zero-order valence-electron chi connectivity index (χ0n) is 42.6. The minimum absolute atomic E-state index is 0.0909. The van der Waals surface area contributed by atoms with Gasteiger partial charge in [0.25, 0.3) is 0 Å². The average molecular weight is 913 g/mol. The first-order chi connectivity index (χ1) is 30.6. The number of quaternary nitrogens is 1. The first-order valence-corrected chi connectivity index (χ1v) is 28.6. The molecule has 0 aromatic carbocycles. The van der Waals surface area contributed by atoms with Crippen LogP contribution < -0.4 is 0 Å². The van der Waals surface area contributed by atoms with Crippen molar-refractivity contribution in [3.05, 3.63) is 24.3 Å². The molecule has 0 aromatic rings. The van der Waals surface area contributed by atoms with Crippen molar-refractivity contribution in [2.75, 3.05) is 54.1 Å². The lowest BCUT2D eigenvalue weighted by molar-refractivity contribution is -0.870. The molecule has 374 valence electrons. The maximum atomic E-state index is 12.8. The first-order valence-electron chi connectivity index (χ1n) is 27.1. The van der Waals surface area contributed by atoms with Crippen LogP contribution in [0, 0.1) is 0 Å². The molecule has 0 spiro atoms. The second-order valence-electron chi connectivity index (χ2n) is 19.6. The van der Waals surface area contributed by atoms with Crippen LogP contribution in [0.2, 0.25) is 0 Å². The lowest BCUT2D eigenvalue weighted by Gasteiger charge is -2.24. The molecule has 9 heteroatoms. The maximum Gasteiger partial charge on any atom is 0.472 e. The summed E-state index contributed by atoms with van der Waals surface area (Å²) in [6, 6.07) is 0. The molecule has 0 radical (unpaired) electrons. The third-order valence-corrected chi connectivity index (χ3v) is 13.0. The van der Waals surface area contributed by atoms with Crippen LogP contribution in [0.4, 0.5) is 0 Å². The molecule has 8 nitrogen and oxygen atoms in total. The number of unbranched alkanes of at least 4 members (excludes halogenated alkanes) is 33. The number of nitrogens with zero attached hydrogens (tertiary/aromatic N) is 1. The fraction of sp³-hybridized carbons (Fsp3) is 0.907. The molecular weight excluding hydrogens is 806 g/mol. The van der Waals surface area contributed by atoms with Crippen LogP contribution in [-0.4, -0.2) is 75.6 Å². The Hall–Kier alpha value is -1.02. The number of carbonyl (C=O) groups excluding carboxylic acids is 1. The van der Waals surface area contributed by atoms with E-state index in [0.29, 0.717) is 24.1 Å². The summed E-state index contributed by atoms with van der Waals surface area (Å²) in [5.41, 5.74) is 0. The summed E-state index contributed by atoms with van der Waals surface area (Å²) >= 11 is 0. The van der Waals surface area contributed by atoms with Crippen LogP contribution in [0.25, 0.3) is 0 Å². The summed E-state index contributed by atoms with van der Waals surface area (Å²) in [5.74, 6) is -0.310. The van der Waals surface area contributed by atoms with Crippen molar-refractivity contribution in [3.63, 3.8) is 0 Å². The highest BCUT2D eigenvalue weighted by Crippen LogP contribution is 2.43. The minimum atomic E-state index is -4.28. The largest absolute Gasteiger partial charge is 0.472 e. The van der Waals surface area contributed by atoms with E-state index in [2.05, 4.69) is 38.2 Å². The van der Waals surface area contributed by atoms with Crippen molar-refractivity contribution in [3.8, 4) is 0 Å². The van der Waals surface area contributed by atoms with Gasteiger partial charge in [-0.15, -0.1) is 0 Å². The fourth-order valence-electron chi connectivity index (χ4n) is 7.82. The van der Waals surface area contributed by atoms with Crippen molar-refractivity contribution >= 4 is 13.8 Å². The highest BCUT2D eigenvalue weighted by atomic mass is 31.2. The summed E-state index contributed by atoms with van der Waals surface area (Å²) in [7, 11) is 1.68. The predicted molar refractivity (Wildman–Crippen MR) is 270 cm³/mol. The quantitative estimate of drug-likeness (QED) is 0.0214. The van der Waals surface area contributed by atoms with E-state index in [1.165, 1.54) is 199 Å². The monoisotopic (exact) mass is 913 g/mol. The molecule has 2 atom stereocenters. The van der Waals surface area contributed by atoms with Crippen LogP contribution >= 0.6 is 7.82 Å². The molecule has 1 N–H and O–H groups in total. The molecule has 0 bridgehead atoms. The molecule has 0 aliphatic heterocycles. The Bertz CT molecular complexity index is 1060. The Kier molecular flexibility index (Phi) is 46.7. The number of ether oxygens (including phenoxy) is 2. The summed E-state index contributed by atoms with van der Waals surface area (Å²) in [6.45, 7) is 5.67. The van der Waals surface area contributed by atoms with Crippen molar-refractivity contribution < 1.29 is 37.3 Å². The standard InChI is InChI=1S/C54H106NO7P/c1-6-8-10-12-14-16-18-20-22-24-26-27-28-29-30-31-33-35-37-39-41-43-45-47-54(56)62-53(52-61-63(57,58)60-50-48-55(3,4)5)51-59-49-46-44-42-40-38-36-34-32-25-23-21-19-17-15-13-11-9-7-2/h18,20,24,26,53H,6-17,19,21-23,25,27-52H2,1-5H3/p+1/b20-18-,26-24-. The van der Waals surface area contributed by atoms with Gasteiger partial charge < -0.3 is 18.9 Å². The molecule has 0 saturated heterocycles. The van der Waals surface area contributed by atoms with E-state index in [9.17, 15) is 14.3 Å². The van der Waals surface area contributed by atoms with E-state index < -0.39 is 13.9 Å². The van der Waals surface area contributed by atoms with Gasteiger partial charge in [-0.05, 0) is 44.9 Å². The van der Waals surface area contributed by atoms with E-state index in [1.54, 1.807) is 0 Å². The molecule has 2 unspecified atom stereocenters. The Morgan fingerprint density at radius 1 is 0.492 bits per heavy atom. The van der Waals surface area contributed by atoms with Gasteiger partial charge >= 0.3 is 13.8 Å². The molecule has 0 rings (SSSR count). The summed E-state index contributed by atoms with van der Waals surface area (Å²) in [5, 5.41) is 0. The van der Waals surface area contributed by atoms with Crippen molar-refractivity contribution in [1.82, 2.24) is 0 Å². The molecule has 0 aliphatic rings. The van der Waals surface area contributed by atoms with Gasteiger partial charge in [-0.2, -0.15) is 0 Å². The van der Waals surface area contributed by atoms with Gasteiger partial charge in [-0.3, -0.25) is 13.8 Å². The van der Waals surface area contributed by atoms with Gasteiger partial charge in [-0.25, -0.2) is 4.57 Å². The molecule has 0 aromatic heterocycles. The highest BCUT2D eigenvalue weighted by molar-refractivity contribution is 7.47. The third-order valence-electron chi connectivity index (χ3n) is 12.0. The SMILES string of the molecule is CCCCCCC/C=C\C/C=C\CCCCCCCCCCCCCC(=O)OC(COCCCCCCCCCCCCCCCCCCCC)COP(=O)(O)OCC[N+](C)(C)C. The van der Waals surface area contributed by atoms with Crippen LogP contribution in [0.1, 0.15) is 258 Å². The van der Waals surface area contributed by atoms with Gasteiger partial charge in [0.15, 0.2) is 0 Å². The molecule has 0 amide bonds. The number of hydrogen-bond acceptors (Lipinski definition) is 6. The van der Waals surface area contributed by atoms with Crippen molar-refractivity contribution in [1.29, 1.82) is 0 Å². The number of hydrogen-bond donors (Lipinski definition) is 1. The first kappa shape index (κ1) is 62.0. The molecule has 0 saturated carbocycles. The summed E-state index contributed by atoms with van der Waals surface area (Å²) < 4.78 is 35.2. The van der Waals surface area contributed by atoms with Crippen molar-refractivity contribution in [2.24, 2.45) is 0 Å². The van der Waals surface area contributed by atoms with Gasteiger partial charge in [0.1, 0.15) is 19.3 Å². The second-order valence-corrected chi connectivity index (χ2v) is 21.1. The Morgan fingerprint density at radius 3 is 1.29 bits per heavy atom. The van der Waals surface area contributed by atoms with Gasteiger partial charge in [0.2, 0.25) is 0 Å². The van der Waals surface area contributed by atoms with Crippen LogP contribution in [0.15, 0.2) is 24.3 Å². The average Bonchev–Trinajstić information content (AvgIpc) is 3.24. The number of esters is 1. The fourth-order valence-corrected chi connectivity index (χ4v) is 8.56. The number of rotatable bonds is 51. The van der Waals surface area contributed by atoms with E-state index >= 15 is 0 Å². The number of carbonyl (C=O) groups is 1. The Balaban J connectivity index is 4.08. The Labute approximate surface area is 392 Å². The highest BCUT2D eigenvalue weighted by Gasteiger charge is 2.26. The minimum Gasteiger partial charge on any atom is -0.457 e. The molecule has 0 heterocycles. The summed E-state index contributed by atoms with van der Waals surface area (Å²) in [4.78, 5) is 23.0. The molecule has 0 fully saturated rings. The second kappa shape index (κ2) is 47.5. The zero-order valence-corrected chi connectivity index (χ0v) is 43.5. The van der Waals surface area contributed by atoms with Gasteiger partial charge in [0.05, 0.1) is 34.4 Å². The van der Waals surface area contributed by atoms with E-state index in [0.717, 1.165) is 38.5 Å². The lowest BCUT2D eigenvalue weighted by atomic mass is 10.0. The molecule has 63 heavy (non-hydrogen) atoms. The van der Waals surface area contributed by atoms with Gasteiger partial charge in [-0.1, -0.05) is 231 Å². The normalized spacial score (nSPS) is 13.7. The maximum absolute atomic E-state index is 12.8. The van der Waals surface area contributed by atoms with Crippen LogP contribution in [0.3, 0.4) is 0 Å². The summed E-state index contributed by atoms with van der Waals surface area (Å²) in [6.07, 6.45) is 56.5.